The number of carboxylic acids is 1. The topological polar surface area (TPSA) is 69.2 Å². The van der Waals surface area contributed by atoms with E-state index in [1.807, 2.05) is 26.0 Å². The lowest BCUT2D eigenvalue weighted by Crippen LogP contribution is -2.42. The Labute approximate surface area is 139 Å². The summed E-state index contributed by atoms with van der Waals surface area (Å²) < 4.78 is 0. The molecule has 1 N–H and O–H groups in total. The molecule has 1 aromatic carbocycles. The fraction of sp³-hybridized carbons (Fsp3) is 0.333. The van der Waals surface area contributed by atoms with Crippen LogP contribution in [0, 0.1) is 23.7 Å². The molecule has 0 aromatic heterocycles. The number of nitrogens with one attached hydrogen (secondary N) is 1. The summed E-state index contributed by atoms with van der Waals surface area (Å²) in [6, 6.07) is 6.81. The zero-order valence-electron chi connectivity index (χ0n) is 12.9. The van der Waals surface area contributed by atoms with Gasteiger partial charge in [0.25, 0.3) is 0 Å². The number of carbonyl (C=O) groups is 2. The minimum atomic E-state index is -1.17. The largest absolute Gasteiger partial charge is 0.550 e. The van der Waals surface area contributed by atoms with Gasteiger partial charge >= 0.3 is 0 Å². The number of rotatable bonds is 3. The van der Waals surface area contributed by atoms with Crippen molar-refractivity contribution >= 4 is 29.2 Å². The maximum absolute atomic E-state index is 12.7. The van der Waals surface area contributed by atoms with E-state index >= 15 is 0 Å². The van der Waals surface area contributed by atoms with E-state index < -0.39 is 17.8 Å². The highest BCUT2D eigenvalue weighted by Gasteiger charge is 2.52. The second kappa shape index (κ2) is 5.85. The van der Waals surface area contributed by atoms with Crippen LogP contribution >= 0.6 is 11.6 Å². The monoisotopic (exact) mass is 330 g/mol. The van der Waals surface area contributed by atoms with Crippen molar-refractivity contribution in [1.29, 1.82) is 0 Å². The molecule has 1 saturated carbocycles. The summed E-state index contributed by atoms with van der Waals surface area (Å²) in [4.78, 5) is 24.3. The number of aliphatic carboxylic acids is 1. The first-order chi connectivity index (χ1) is 10.9. The number of hydrogen-bond acceptors (Lipinski definition) is 3. The molecule has 1 fully saturated rings. The van der Waals surface area contributed by atoms with E-state index in [4.69, 9.17) is 11.6 Å². The summed E-state index contributed by atoms with van der Waals surface area (Å²) in [6.07, 6.45) is 3.82. The van der Waals surface area contributed by atoms with Crippen molar-refractivity contribution in [3.05, 3.63) is 52.6 Å². The Morgan fingerprint density at radius 3 is 2.35 bits per heavy atom. The van der Waals surface area contributed by atoms with E-state index in [-0.39, 0.29) is 17.7 Å². The highest BCUT2D eigenvalue weighted by molar-refractivity contribution is 6.30. The Morgan fingerprint density at radius 2 is 1.78 bits per heavy atom. The normalized spacial score (nSPS) is 28.0. The number of anilines is 1. The van der Waals surface area contributed by atoms with Gasteiger partial charge in [-0.2, -0.15) is 0 Å². The second-order valence-corrected chi connectivity index (χ2v) is 6.70. The summed E-state index contributed by atoms with van der Waals surface area (Å²) in [7, 11) is 0. The van der Waals surface area contributed by atoms with Gasteiger partial charge in [0.2, 0.25) is 5.91 Å². The highest BCUT2D eigenvalue weighted by Crippen LogP contribution is 2.53. The van der Waals surface area contributed by atoms with Crippen LogP contribution in [-0.2, 0) is 9.59 Å². The van der Waals surface area contributed by atoms with Crippen molar-refractivity contribution in [2.24, 2.45) is 23.7 Å². The zero-order valence-corrected chi connectivity index (χ0v) is 13.6. The Bertz CT molecular complexity index is 734. The summed E-state index contributed by atoms with van der Waals surface area (Å²) in [5.41, 5.74) is 2.66. The van der Waals surface area contributed by atoms with Crippen LogP contribution in [0.5, 0.6) is 0 Å². The molecular weight excluding hydrogens is 314 g/mol. The number of carboxylic acid groups (broad SMARTS) is 1. The van der Waals surface area contributed by atoms with Gasteiger partial charge in [-0.3, -0.25) is 4.79 Å². The summed E-state index contributed by atoms with van der Waals surface area (Å²) in [5.74, 6) is -3.38. The fourth-order valence-electron chi connectivity index (χ4n) is 3.82. The molecule has 120 valence electrons. The maximum Gasteiger partial charge on any atom is 0.229 e. The zero-order chi connectivity index (χ0) is 16.7. The van der Waals surface area contributed by atoms with Gasteiger partial charge in [0.05, 0.1) is 5.92 Å². The molecule has 2 aliphatic carbocycles. The van der Waals surface area contributed by atoms with Crippen molar-refractivity contribution in [1.82, 2.24) is 0 Å². The van der Waals surface area contributed by atoms with Crippen molar-refractivity contribution in [2.45, 2.75) is 13.8 Å². The smallest absolute Gasteiger partial charge is 0.229 e. The van der Waals surface area contributed by atoms with Crippen molar-refractivity contribution in [3.63, 3.8) is 0 Å². The van der Waals surface area contributed by atoms with E-state index in [2.05, 4.69) is 5.32 Å². The van der Waals surface area contributed by atoms with Crippen LogP contribution in [0.15, 0.2) is 47.6 Å². The predicted octanol–water partition coefficient (Wildman–Crippen LogP) is 2.41. The van der Waals surface area contributed by atoms with Crippen molar-refractivity contribution in [2.75, 3.05) is 5.32 Å². The van der Waals surface area contributed by atoms with Gasteiger partial charge in [-0.05, 0) is 32.0 Å². The van der Waals surface area contributed by atoms with Crippen molar-refractivity contribution < 1.29 is 14.7 Å². The summed E-state index contributed by atoms with van der Waals surface area (Å²) in [6.45, 7) is 3.90. The number of benzene rings is 1. The molecule has 0 spiro atoms. The Balaban J connectivity index is 1.91. The molecule has 1 amide bonds. The predicted molar refractivity (Wildman–Crippen MR) is 86.6 cm³/mol. The number of hydrogen-bond donors (Lipinski definition) is 1. The van der Waals surface area contributed by atoms with Crippen LogP contribution in [0.4, 0.5) is 5.69 Å². The number of halogens is 1. The lowest BCUT2D eigenvalue weighted by atomic mass is 9.82. The second-order valence-electron chi connectivity index (χ2n) is 6.26. The molecule has 3 rings (SSSR count). The van der Waals surface area contributed by atoms with E-state index in [9.17, 15) is 14.7 Å². The number of carbonyl (C=O) groups excluding carboxylic acids is 2. The average Bonchev–Trinajstić information content (AvgIpc) is 3.02. The van der Waals surface area contributed by atoms with Crippen LogP contribution in [0.25, 0.3) is 0 Å². The number of amides is 1. The fourth-order valence-corrected chi connectivity index (χ4v) is 4.01. The highest BCUT2D eigenvalue weighted by atomic mass is 35.5. The van der Waals surface area contributed by atoms with Crippen LogP contribution in [0.2, 0.25) is 5.02 Å². The molecule has 23 heavy (non-hydrogen) atoms. The third kappa shape index (κ3) is 2.68. The van der Waals surface area contributed by atoms with E-state index in [1.165, 1.54) is 0 Å². The first-order valence-corrected chi connectivity index (χ1v) is 7.91. The molecule has 2 bridgehead atoms. The summed E-state index contributed by atoms with van der Waals surface area (Å²) >= 11 is 5.92. The standard InChI is InChI=1S/C18H18ClNO3/c1-9(2)14-12-6-7-13(14)16(18(22)23)15(12)17(21)20-11-5-3-4-10(19)8-11/h3-8,12-13,15-16H,1-2H3,(H,20,21)(H,22,23)/p-1/t12-,13-,15-,16+/m1/s1. The number of allylic oxidation sites excluding steroid dienone is 4. The molecule has 1 aromatic rings. The molecule has 2 aliphatic rings. The minimum Gasteiger partial charge on any atom is -0.550 e. The van der Waals surface area contributed by atoms with Gasteiger partial charge in [-0.25, -0.2) is 0 Å². The van der Waals surface area contributed by atoms with Gasteiger partial charge in [0.15, 0.2) is 0 Å². The molecular formula is C18H17ClNO3-. The number of fused-ring (bicyclic) bond motifs is 2. The van der Waals surface area contributed by atoms with Crippen LogP contribution in [0.1, 0.15) is 13.8 Å². The quantitative estimate of drug-likeness (QED) is 0.865. The van der Waals surface area contributed by atoms with Gasteiger partial charge in [-0.15, -0.1) is 0 Å². The lowest BCUT2D eigenvalue weighted by Gasteiger charge is -2.27. The summed E-state index contributed by atoms with van der Waals surface area (Å²) in [5, 5.41) is 14.9. The molecule has 0 unspecified atom stereocenters. The van der Waals surface area contributed by atoms with Crippen LogP contribution in [0.3, 0.4) is 0 Å². The first-order valence-electron chi connectivity index (χ1n) is 7.53. The lowest BCUT2D eigenvalue weighted by molar-refractivity contribution is -0.313. The molecule has 0 heterocycles. The van der Waals surface area contributed by atoms with Crippen LogP contribution in [-0.4, -0.2) is 11.9 Å². The maximum atomic E-state index is 12.7. The molecule has 0 aliphatic heterocycles. The third-order valence-electron chi connectivity index (χ3n) is 4.65. The van der Waals surface area contributed by atoms with E-state index in [1.54, 1.807) is 24.3 Å². The Kier molecular flexibility index (Phi) is 4.02. The van der Waals surface area contributed by atoms with Gasteiger partial charge < -0.3 is 15.2 Å². The Hall–Kier alpha value is -2.07. The SMILES string of the molecule is CC(C)=C1[C@H]2C=C[C@H]1[C@@H](C(=O)Nc1cccc(Cl)c1)[C@H]2C(=O)[O-]. The van der Waals surface area contributed by atoms with E-state index in [0.717, 1.165) is 11.1 Å². The molecule has 0 radical (unpaired) electrons. The van der Waals surface area contributed by atoms with Gasteiger partial charge in [0, 0.05) is 34.4 Å². The molecule has 4 atom stereocenters. The molecule has 0 saturated heterocycles. The first kappa shape index (κ1) is 15.8. The minimum absolute atomic E-state index is 0.174. The Morgan fingerprint density at radius 1 is 1.13 bits per heavy atom. The van der Waals surface area contributed by atoms with Crippen LogP contribution < -0.4 is 10.4 Å². The van der Waals surface area contributed by atoms with Crippen molar-refractivity contribution in [3.8, 4) is 0 Å². The molecule has 4 nitrogen and oxygen atoms in total. The van der Waals surface area contributed by atoms with Gasteiger partial charge in [-0.1, -0.05) is 41.0 Å². The third-order valence-corrected chi connectivity index (χ3v) is 4.88. The van der Waals surface area contributed by atoms with E-state index in [0.29, 0.717) is 10.7 Å². The average molecular weight is 331 g/mol. The van der Waals surface area contributed by atoms with Gasteiger partial charge in [0.1, 0.15) is 0 Å². The molecule has 5 heteroatoms.